The van der Waals surface area contributed by atoms with Crippen LogP contribution in [0.1, 0.15) is 63.4 Å². The molecule has 2 rings (SSSR count). The van der Waals surface area contributed by atoms with Gasteiger partial charge in [0.05, 0.1) is 0 Å². The first-order valence-corrected chi connectivity index (χ1v) is 7.43. The molecule has 94 valence electrons. The van der Waals surface area contributed by atoms with Crippen LogP contribution in [0.2, 0.25) is 5.02 Å². The molecule has 1 fully saturated rings. The van der Waals surface area contributed by atoms with Crippen molar-refractivity contribution < 1.29 is 0 Å². The van der Waals surface area contributed by atoms with E-state index in [0.29, 0.717) is 0 Å². The van der Waals surface area contributed by atoms with Crippen molar-refractivity contribution in [2.24, 2.45) is 5.92 Å². The largest absolute Gasteiger partial charge is 0.0843 e. The Hall–Kier alpha value is -0.490. The van der Waals surface area contributed by atoms with E-state index in [1.54, 1.807) is 0 Å². The van der Waals surface area contributed by atoms with Crippen molar-refractivity contribution in [3.05, 3.63) is 34.9 Å². The highest BCUT2D eigenvalue weighted by atomic mass is 35.5. The second-order valence-electron chi connectivity index (χ2n) is 5.41. The van der Waals surface area contributed by atoms with Gasteiger partial charge in [0.1, 0.15) is 0 Å². The Balaban J connectivity index is 1.84. The highest BCUT2D eigenvalue weighted by Crippen LogP contribution is 2.37. The molecule has 17 heavy (non-hydrogen) atoms. The van der Waals surface area contributed by atoms with Crippen molar-refractivity contribution >= 4 is 11.6 Å². The van der Waals surface area contributed by atoms with Crippen molar-refractivity contribution in [3.8, 4) is 0 Å². The van der Waals surface area contributed by atoms with Gasteiger partial charge in [0.25, 0.3) is 0 Å². The van der Waals surface area contributed by atoms with Crippen LogP contribution in [0.25, 0.3) is 0 Å². The molecule has 0 atom stereocenters. The molecular formula is C16H23Cl. The molecule has 1 heteroatoms. The Morgan fingerprint density at radius 3 is 2.29 bits per heavy atom. The van der Waals surface area contributed by atoms with Crippen LogP contribution in [0, 0.1) is 5.92 Å². The molecular weight excluding hydrogens is 228 g/mol. The maximum Gasteiger partial charge on any atom is 0.0406 e. The van der Waals surface area contributed by atoms with Gasteiger partial charge < -0.3 is 0 Å². The summed E-state index contributed by atoms with van der Waals surface area (Å²) in [4.78, 5) is 0. The van der Waals surface area contributed by atoms with Crippen molar-refractivity contribution in [1.82, 2.24) is 0 Å². The average Bonchev–Trinajstić information content (AvgIpc) is 2.38. The van der Waals surface area contributed by atoms with Crippen molar-refractivity contribution in [2.45, 2.75) is 57.8 Å². The highest BCUT2D eigenvalue weighted by molar-refractivity contribution is 6.30. The first-order chi connectivity index (χ1) is 8.29. The summed E-state index contributed by atoms with van der Waals surface area (Å²) in [6, 6.07) is 8.47. The zero-order valence-corrected chi connectivity index (χ0v) is 11.5. The lowest BCUT2D eigenvalue weighted by Crippen LogP contribution is -2.13. The van der Waals surface area contributed by atoms with Gasteiger partial charge in [0.15, 0.2) is 0 Å². The molecule has 0 N–H and O–H groups in total. The van der Waals surface area contributed by atoms with Crippen LogP contribution in [0.5, 0.6) is 0 Å². The fraction of sp³-hybridized carbons (Fsp3) is 0.625. The van der Waals surface area contributed by atoms with Crippen molar-refractivity contribution in [1.29, 1.82) is 0 Å². The van der Waals surface area contributed by atoms with Crippen LogP contribution in [-0.4, -0.2) is 0 Å². The number of benzene rings is 1. The summed E-state index contributed by atoms with van der Waals surface area (Å²) in [6.45, 7) is 2.29. The lowest BCUT2D eigenvalue weighted by Gasteiger charge is -2.28. The lowest BCUT2D eigenvalue weighted by atomic mass is 9.77. The van der Waals surface area contributed by atoms with Crippen LogP contribution in [0.15, 0.2) is 24.3 Å². The number of hydrogen-bond acceptors (Lipinski definition) is 0. The first kappa shape index (κ1) is 13.0. The zero-order valence-electron chi connectivity index (χ0n) is 10.8. The van der Waals surface area contributed by atoms with E-state index in [9.17, 15) is 0 Å². The third-order valence-electron chi connectivity index (χ3n) is 4.15. The van der Waals surface area contributed by atoms with E-state index in [1.165, 1.54) is 50.5 Å². The van der Waals surface area contributed by atoms with E-state index >= 15 is 0 Å². The maximum absolute atomic E-state index is 5.93. The SMILES string of the molecule is CCCCC1CCC(c2ccc(Cl)cc2)CC1. The Bertz CT molecular complexity index is 320. The van der Waals surface area contributed by atoms with Gasteiger partial charge in [0.2, 0.25) is 0 Å². The molecule has 0 heterocycles. The van der Waals surface area contributed by atoms with Gasteiger partial charge in [-0.15, -0.1) is 0 Å². The second-order valence-corrected chi connectivity index (χ2v) is 5.85. The first-order valence-electron chi connectivity index (χ1n) is 7.05. The lowest BCUT2D eigenvalue weighted by molar-refractivity contribution is 0.304. The van der Waals surface area contributed by atoms with E-state index in [-0.39, 0.29) is 0 Å². The van der Waals surface area contributed by atoms with Crippen LogP contribution >= 0.6 is 11.6 Å². The van der Waals surface area contributed by atoms with Gasteiger partial charge in [-0.3, -0.25) is 0 Å². The molecule has 0 nitrogen and oxygen atoms in total. The summed E-state index contributed by atoms with van der Waals surface area (Å²) >= 11 is 5.93. The van der Waals surface area contributed by atoms with Gasteiger partial charge in [-0.2, -0.15) is 0 Å². The van der Waals surface area contributed by atoms with E-state index in [2.05, 4.69) is 19.1 Å². The summed E-state index contributed by atoms with van der Waals surface area (Å²) in [5, 5.41) is 0.852. The molecule has 1 saturated carbocycles. The number of rotatable bonds is 4. The Labute approximate surface area is 110 Å². The molecule has 0 aliphatic heterocycles. The van der Waals surface area contributed by atoms with Gasteiger partial charge in [-0.1, -0.05) is 49.9 Å². The van der Waals surface area contributed by atoms with Crippen LogP contribution in [-0.2, 0) is 0 Å². The van der Waals surface area contributed by atoms with E-state index in [0.717, 1.165) is 16.9 Å². The summed E-state index contributed by atoms with van der Waals surface area (Å²) < 4.78 is 0. The molecule has 0 saturated heterocycles. The number of hydrogen-bond donors (Lipinski definition) is 0. The third kappa shape index (κ3) is 3.74. The van der Waals surface area contributed by atoms with Crippen LogP contribution in [0.3, 0.4) is 0 Å². The van der Waals surface area contributed by atoms with Crippen molar-refractivity contribution in [2.75, 3.05) is 0 Å². The van der Waals surface area contributed by atoms with Gasteiger partial charge in [-0.25, -0.2) is 0 Å². The molecule has 1 aromatic rings. The van der Waals surface area contributed by atoms with Gasteiger partial charge in [0, 0.05) is 5.02 Å². The topological polar surface area (TPSA) is 0 Å². The molecule has 0 unspecified atom stereocenters. The zero-order chi connectivity index (χ0) is 12.1. The minimum absolute atomic E-state index is 0.783. The van der Waals surface area contributed by atoms with E-state index in [4.69, 9.17) is 11.6 Å². The van der Waals surface area contributed by atoms with E-state index in [1.807, 2.05) is 12.1 Å². The summed E-state index contributed by atoms with van der Waals surface area (Å²) in [7, 11) is 0. The Morgan fingerprint density at radius 1 is 1.06 bits per heavy atom. The van der Waals surface area contributed by atoms with Gasteiger partial charge >= 0.3 is 0 Å². The molecule has 0 aromatic heterocycles. The molecule has 1 aliphatic rings. The predicted molar refractivity (Wildman–Crippen MR) is 75.7 cm³/mol. The maximum atomic E-state index is 5.93. The summed E-state index contributed by atoms with van der Waals surface area (Å²) in [6.07, 6.45) is 9.80. The normalized spacial score (nSPS) is 24.8. The summed E-state index contributed by atoms with van der Waals surface area (Å²) in [5.41, 5.74) is 1.49. The third-order valence-corrected chi connectivity index (χ3v) is 4.41. The monoisotopic (exact) mass is 250 g/mol. The second kappa shape index (κ2) is 6.44. The van der Waals surface area contributed by atoms with Crippen LogP contribution < -0.4 is 0 Å². The van der Waals surface area contributed by atoms with Crippen LogP contribution in [0.4, 0.5) is 0 Å². The predicted octanol–water partition coefficient (Wildman–Crippen LogP) is 5.80. The standard InChI is InChI=1S/C16H23Cl/c1-2-3-4-13-5-7-14(8-6-13)15-9-11-16(17)12-10-15/h9-14H,2-8H2,1H3. The fourth-order valence-corrected chi connectivity index (χ4v) is 3.14. The van der Waals surface area contributed by atoms with E-state index < -0.39 is 0 Å². The van der Waals surface area contributed by atoms with Gasteiger partial charge in [-0.05, 0) is 55.2 Å². The molecule has 1 aromatic carbocycles. The molecule has 0 bridgehead atoms. The molecule has 1 aliphatic carbocycles. The average molecular weight is 251 g/mol. The Kier molecular flexibility index (Phi) is 4.91. The molecule has 0 radical (unpaired) electrons. The summed E-state index contributed by atoms with van der Waals surface area (Å²) in [5.74, 6) is 1.78. The quantitative estimate of drug-likeness (QED) is 0.633. The Morgan fingerprint density at radius 2 is 1.71 bits per heavy atom. The number of halogens is 1. The number of unbranched alkanes of at least 4 members (excludes halogenated alkanes) is 1. The smallest absolute Gasteiger partial charge is 0.0406 e. The highest BCUT2D eigenvalue weighted by Gasteiger charge is 2.21. The van der Waals surface area contributed by atoms with Crippen molar-refractivity contribution in [3.63, 3.8) is 0 Å². The minimum atomic E-state index is 0.783. The molecule has 0 amide bonds. The fourth-order valence-electron chi connectivity index (χ4n) is 3.01. The minimum Gasteiger partial charge on any atom is -0.0843 e. The molecule has 0 spiro atoms.